The third kappa shape index (κ3) is 6.17. The number of benzene rings is 8. The Morgan fingerprint density at radius 3 is 2.00 bits per heavy atom. The van der Waals surface area contributed by atoms with Crippen LogP contribution < -0.4 is 0 Å². The number of hydrogen-bond acceptors (Lipinski definition) is 4. The third-order valence-corrected chi connectivity index (χ3v) is 11.9. The van der Waals surface area contributed by atoms with Crippen molar-refractivity contribution in [3.05, 3.63) is 194 Å². The fourth-order valence-corrected chi connectivity index (χ4v) is 8.82. The lowest BCUT2D eigenvalue weighted by molar-refractivity contribution is 0.477. The molecule has 5 nitrogen and oxygen atoms in total. The zero-order chi connectivity index (χ0) is 41.2. The third-order valence-electron chi connectivity index (χ3n) is 11.9. The van der Waals surface area contributed by atoms with Gasteiger partial charge in [-0.2, -0.15) is 0 Å². The second-order valence-corrected chi connectivity index (χ2v) is 16.8. The van der Waals surface area contributed by atoms with Gasteiger partial charge in [-0.1, -0.05) is 142 Å². The van der Waals surface area contributed by atoms with Gasteiger partial charge in [0, 0.05) is 39.0 Å². The summed E-state index contributed by atoms with van der Waals surface area (Å²) in [7, 11) is 0. The summed E-state index contributed by atoms with van der Waals surface area (Å²) in [6.45, 7) is 6.73. The Morgan fingerprint density at radius 1 is 0.508 bits per heavy atom. The zero-order valence-electron chi connectivity index (χ0n) is 34.1. The second kappa shape index (κ2) is 14.2. The van der Waals surface area contributed by atoms with Crippen LogP contribution in [0.25, 0.3) is 105 Å². The minimum absolute atomic E-state index is 0.0659. The summed E-state index contributed by atoms with van der Waals surface area (Å²) in [5, 5.41) is 15.7. The minimum atomic E-state index is -0.0659. The minimum Gasteiger partial charge on any atom is -0.507 e. The molecule has 8 aromatic carbocycles. The van der Waals surface area contributed by atoms with E-state index in [9.17, 15) is 5.11 Å². The van der Waals surface area contributed by atoms with E-state index in [0.717, 1.165) is 94.1 Å². The van der Waals surface area contributed by atoms with E-state index in [1.807, 2.05) is 42.6 Å². The van der Waals surface area contributed by atoms with Crippen molar-refractivity contribution in [1.29, 1.82) is 0 Å². The molecule has 0 bridgehead atoms. The molecule has 292 valence electrons. The van der Waals surface area contributed by atoms with E-state index in [0.29, 0.717) is 11.4 Å². The molecule has 3 aromatic heterocycles. The first kappa shape index (κ1) is 36.3. The predicted octanol–water partition coefficient (Wildman–Crippen LogP) is 14.8. The van der Waals surface area contributed by atoms with E-state index in [1.54, 1.807) is 6.07 Å². The van der Waals surface area contributed by atoms with Crippen molar-refractivity contribution < 1.29 is 9.52 Å². The van der Waals surface area contributed by atoms with Gasteiger partial charge in [0.2, 0.25) is 0 Å². The van der Waals surface area contributed by atoms with Crippen molar-refractivity contribution in [3.8, 4) is 67.5 Å². The van der Waals surface area contributed by atoms with Crippen LogP contribution in [0, 0.1) is 0 Å². The lowest BCUT2D eigenvalue weighted by Gasteiger charge is -2.23. The van der Waals surface area contributed by atoms with Gasteiger partial charge in [-0.05, 0) is 99.3 Å². The standard InChI is InChI=1S/C56H41N3O2/c1-56(2,3)41-26-28-48(47(34-41)36-17-8-5-9-18-36)59-49-23-14-22-42(52(49)58-55(59)46-21-12-13-24-50(46)60)39-31-38(35-15-6-4-7-16-35)32-40(33-39)51-54-45(29-30-57-51)44-27-25-37-19-10-11-20-43(37)53(44)61-54/h4-34,60H,1-3H3. The van der Waals surface area contributed by atoms with Crippen LogP contribution in [0.3, 0.4) is 0 Å². The first-order valence-corrected chi connectivity index (χ1v) is 20.7. The van der Waals surface area contributed by atoms with Gasteiger partial charge >= 0.3 is 0 Å². The summed E-state index contributed by atoms with van der Waals surface area (Å²) in [4.78, 5) is 10.5. The summed E-state index contributed by atoms with van der Waals surface area (Å²) in [5.74, 6) is 0.820. The van der Waals surface area contributed by atoms with E-state index in [-0.39, 0.29) is 11.2 Å². The fraction of sp³-hybridized carbons (Fsp3) is 0.0714. The van der Waals surface area contributed by atoms with Crippen LogP contribution in [0.1, 0.15) is 26.3 Å². The maximum atomic E-state index is 11.4. The number of pyridine rings is 1. The molecule has 0 spiro atoms. The quantitative estimate of drug-likeness (QED) is 0.182. The Labute approximate surface area is 353 Å². The molecule has 11 rings (SSSR count). The summed E-state index contributed by atoms with van der Waals surface area (Å²) in [5.41, 5.74) is 14.1. The number of furan rings is 1. The van der Waals surface area contributed by atoms with Crippen molar-refractivity contribution in [2.75, 3.05) is 0 Å². The van der Waals surface area contributed by atoms with Crippen LogP contribution in [-0.2, 0) is 5.41 Å². The highest BCUT2D eigenvalue weighted by Crippen LogP contribution is 2.44. The number of rotatable bonds is 6. The molecule has 0 aliphatic rings. The monoisotopic (exact) mass is 787 g/mol. The summed E-state index contributed by atoms with van der Waals surface area (Å²) >= 11 is 0. The molecular formula is C56H41N3O2. The van der Waals surface area contributed by atoms with Crippen molar-refractivity contribution in [2.24, 2.45) is 0 Å². The lowest BCUT2D eigenvalue weighted by Crippen LogP contribution is -2.12. The Hall–Kier alpha value is -7.76. The molecule has 0 amide bonds. The van der Waals surface area contributed by atoms with Gasteiger partial charge in [-0.15, -0.1) is 0 Å². The smallest absolute Gasteiger partial charge is 0.161 e. The molecule has 11 aromatic rings. The van der Waals surface area contributed by atoms with Crippen LogP contribution in [-0.4, -0.2) is 19.6 Å². The molecule has 0 fully saturated rings. The molecule has 0 radical (unpaired) electrons. The number of imidazole rings is 1. The van der Waals surface area contributed by atoms with Crippen LogP contribution in [0.2, 0.25) is 0 Å². The first-order chi connectivity index (χ1) is 29.8. The lowest BCUT2D eigenvalue weighted by atomic mass is 9.85. The molecule has 0 saturated heterocycles. The zero-order valence-corrected chi connectivity index (χ0v) is 34.1. The number of nitrogens with zero attached hydrogens (tertiary/aromatic N) is 3. The van der Waals surface area contributed by atoms with Gasteiger partial charge in [0.25, 0.3) is 0 Å². The highest BCUT2D eigenvalue weighted by molar-refractivity contribution is 6.17. The SMILES string of the molecule is CC(C)(C)c1ccc(-n2c(-c3ccccc3O)nc3c(-c4cc(-c5ccccc5)cc(-c5nccc6c5oc5c7ccccc7ccc65)c4)cccc32)c(-c2ccccc2)c1. The number of para-hydroxylation sites is 2. The molecule has 61 heavy (non-hydrogen) atoms. The Balaban J connectivity index is 1.19. The van der Waals surface area contributed by atoms with E-state index in [4.69, 9.17) is 14.4 Å². The molecule has 0 aliphatic carbocycles. The summed E-state index contributed by atoms with van der Waals surface area (Å²) < 4.78 is 9.03. The van der Waals surface area contributed by atoms with Crippen molar-refractivity contribution in [3.63, 3.8) is 0 Å². The maximum absolute atomic E-state index is 11.4. The molecule has 0 atom stereocenters. The number of phenols is 1. The van der Waals surface area contributed by atoms with E-state index in [2.05, 4.69) is 165 Å². The van der Waals surface area contributed by atoms with E-state index >= 15 is 0 Å². The van der Waals surface area contributed by atoms with Gasteiger partial charge in [-0.3, -0.25) is 9.55 Å². The number of fused-ring (bicyclic) bond motifs is 6. The van der Waals surface area contributed by atoms with E-state index in [1.165, 1.54) is 5.56 Å². The molecule has 1 N–H and O–H groups in total. The average molecular weight is 788 g/mol. The predicted molar refractivity (Wildman–Crippen MR) is 251 cm³/mol. The summed E-state index contributed by atoms with van der Waals surface area (Å²) in [6.07, 6.45) is 1.88. The second-order valence-electron chi connectivity index (χ2n) is 16.8. The fourth-order valence-electron chi connectivity index (χ4n) is 8.82. The van der Waals surface area contributed by atoms with Gasteiger partial charge in [0.05, 0.1) is 22.3 Å². The molecular weight excluding hydrogens is 747 g/mol. The van der Waals surface area contributed by atoms with Crippen LogP contribution in [0.5, 0.6) is 5.75 Å². The highest BCUT2D eigenvalue weighted by atomic mass is 16.3. The van der Waals surface area contributed by atoms with Crippen molar-refractivity contribution >= 4 is 43.7 Å². The average Bonchev–Trinajstić information content (AvgIpc) is 3.88. The van der Waals surface area contributed by atoms with Gasteiger partial charge in [0.15, 0.2) is 5.58 Å². The number of aromatic nitrogens is 3. The van der Waals surface area contributed by atoms with E-state index < -0.39 is 0 Å². The molecule has 0 saturated carbocycles. The number of aromatic hydroxyl groups is 1. The highest BCUT2D eigenvalue weighted by Gasteiger charge is 2.24. The van der Waals surface area contributed by atoms with Crippen molar-refractivity contribution in [1.82, 2.24) is 14.5 Å². The number of phenolic OH excluding ortho intramolecular Hbond substituents is 1. The largest absolute Gasteiger partial charge is 0.507 e. The van der Waals surface area contributed by atoms with Crippen LogP contribution in [0.4, 0.5) is 0 Å². The Morgan fingerprint density at radius 2 is 1.20 bits per heavy atom. The number of hydrogen-bond donors (Lipinski definition) is 1. The van der Waals surface area contributed by atoms with Gasteiger partial charge in [0.1, 0.15) is 22.9 Å². The first-order valence-electron chi connectivity index (χ1n) is 20.7. The summed E-state index contributed by atoms with van der Waals surface area (Å²) in [6, 6.07) is 62.9. The molecule has 3 heterocycles. The van der Waals surface area contributed by atoms with Crippen LogP contribution in [0.15, 0.2) is 193 Å². The maximum Gasteiger partial charge on any atom is 0.161 e. The normalized spacial score (nSPS) is 11.9. The molecule has 0 aliphatic heterocycles. The van der Waals surface area contributed by atoms with Gasteiger partial charge in [-0.25, -0.2) is 4.98 Å². The molecule has 5 heteroatoms. The topological polar surface area (TPSA) is 64.1 Å². The van der Waals surface area contributed by atoms with Crippen LogP contribution >= 0.6 is 0 Å². The van der Waals surface area contributed by atoms with Gasteiger partial charge < -0.3 is 9.52 Å². The molecule has 0 unspecified atom stereocenters. The van der Waals surface area contributed by atoms with Crippen molar-refractivity contribution in [2.45, 2.75) is 26.2 Å². The Kier molecular flexibility index (Phi) is 8.46. The Bertz CT molecular complexity index is 3460.